The fourth-order valence-electron chi connectivity index (χ4n) is 2.69. The number of carbonyl (C=O) groups excluding carboxylic acids is 1. The molecular formula is C18H20BrCl2N3O. The normalized spacial score (nSPS) is 15.4. The molecule has 1 N–H and O–H groups in total. The summed E-state index contributed by atoms with van der Waals surface area (Å²) in [5, 5.41) is 2.79. The highest BCUT2D eigenvalue weighted by Crippen LogP contribution is 2.17. The molecule has 2 aromatic carbocycles. The van der Waals surface area contributed by atoms with Crippen molar-refractivity contribution in [3.63, 3.8) is 0 Å². The van der Waals surface area contributed by atoms with Crippen LogP contribution in [0.2, 0.25) is 5.02 Å². The minimum Gasteiger partial charge on any atom is -0.296 e. The molecule has 1 aliphatic rings. The van der Waals surface area contributed by atoms with Gasteiger partial charge in [-0.2, -0.15) is 0 Å². The molecule has 1 fully saturated rings. The van der Waals surface area contributed by atoms with Gasteiger partial charge in [0.2, 0.25) is 0 Å². The quantitative estimate of drug-likeness (QED) is 0.774. The first-order chi connectivity index (χ1) is 11.6. The molecule has 25 heavy (non-hydrogen) atoms. The second-order valence-corrected chi connectivity index (χ2v) is 7.13. The lowest BCUT2D eigenvalue weighted by Gasteiger charge is -2.34. The Labute approximate surface area is 167 Å². The zero-order valence-corrected chi connectivity index (χ0v) is 16.8. The van der Waals surface area contributed by atoms with E-state index in [-0.39, 0.29) is 18.3 Å². The highest BCUT2D eigenvalue weighted by atomic mass is 79.9. The summed E-state index contributed by atoms with van der Waals surface area (Å²) in [7, 11) is 0. The molecule has 0 radical (unpaired) electrons. The van der Waals surface area contributed by atoms with Gasteiger partial charge in [-0.05, 0) is 35.9 Å². The van der Waals surface area contributed by atoms with Crippen LogP contribution in [0.15, 0.2) is 53.0 Å². The van der Waals surface area contributed by atoms with Crippen molar-refractivity contribution in [1.82, 2.24) is 15.3 Å². The van der Waals surface area contributed by atoms with Gasteiger partial charge < -0.3 is 0 Å². The Morgan fingerprint density at radius 2 is 1.68 bits per heavy atom. The van der Waals surface area contributed by atoms with Crippen LogP contribution in [0.25, 0.3) is 0 Å². The van der Waals surface area contributed by atoms with Crippen LogP contribution >= 0.6 is 39.9 Å². The fourth-order valence-corrected chi connectivity index (χ4v) is 3.15. The molecule has 4 nitrogen and oxygen atoms in total. The zero-order chi connectivity index (χ0) is 16.9. The summed E-state index contributed by atoms with van der Waals surface area (Å²) in [6, 6.07) is 15.3. The van der Waals surface area contributed by atoms with E-state index >= 15 is 0 Å². The van der Waals surface area contributed by atoms with Gasteiger partial charge in [0.15, 0.2) is 0 Å². The Bertz CT molecular complexity index is 704. The Balaban J connectivity index is 0.00000225. The van der Waals surface area contributed by atoms with Crippen molar-refractivity contribution < 1.29 is 4.79 Å². The third-order valence-corrected chi connectivity index (χ3v) is 4.99. The van der Waals surface area contributed by atoms with Crippen molar-refractivity contribution in [2.24, 2.45) is 0 Å². The van der Waals surface area contributed by atoms with E-state index in [9.17, 15) is 4.79 Å². The van der Waals surface area contributed by atoms with Crippen LogP contribution in [-0.2, 0) is 6.54 Å². The molecule has 0 spiro atoms. The maximum Gasteiger partial charge on any atom is 0.265 e. The van der Waals surface area contributed by atoms with Crippen LogP contribution in [-0.4, -0.2) is 42.0 Å². The van der Waals surface area contributed by atoms with Crippen LogP contribution < -0.4 is 5.43 Å². The monoisotopic (exact) mass is 443 g/mol. The van der Waals surface area contributed by atoms with E-state index in [1.807, 2.05) is 47.5 Å². The van der Waals surface area contributed by atoms with Gasteiger partial charge in [-0.25, -0.2) is 5.01 Å². The van der Waals surface area contributed by atoms with Crippen molar-refractivity contribution in [2.45, 2.75) is 6.54 Å². The van der Waals surface area contributed by atoms with E-state index in [0.29, 0.717) is 5.56 Å². The summed E-state index contributed by atoms with van der Waals surface area (Å²) < 4.78 is 0.965. The van der Waals surface area contributed by atoms with Crippen molar-refractivity contribution in [3.05, 3.63) is 69.2 Å². The first-order valence-electron chi connectivity index (χ1n) is 7.89. The number of hydrogen-bond donors (Lipinski definition) is 1. The Morgan fingerprint density at radius 1 is 1.04 bits per heavy atom. The standard InChI is InChI=1S/C18H19BrClN3O.ClH/c19-16-7-5-14(6-8-16)18(24)21-23-11-9-22(10-12-23)13-15-3-1-2-4-17(15)20;/h1-8H,9-13H2,(H,21,24);1H. The van der Waals surface area contributed by atoms with Crippen LogP contribution in [0.1, 0.15) is 15.9 Å². The fraction of sp³-hybridized carbons (Fsp3) is 0.278. The van der Waals surface area contributed by atoms with Gasteiger partial charge in [0.1, 0.15) is 0 Å². The number of rotatable bonds is 4. The van der Waals surface area contributed by atoms with E-state index in [4.69, 9.17) is 11.6 Å². The summed E-state index contributed by atoms with van der Waals surface area (Å²) in [5.74, 6) is -0.0675. The third kappa shape index (κ3) is 5.69. The van der Waals surface area contributed by atoms with E-state index in [0.717, 1.165) is 47.8 Å². The van der Waals surface area contributed by atoms with E-state index in [1.165, 1.54) is 0 Å². The maximum atomic E-state index is 12.2. The first kappa shape index (κ1) is 20.2. The van der Waals surface area contributed by atoms with Gasteiger partial charge in [0.05, 0.1) is 0 Å². The number of carbonyl (C=O) groups is 1. The minimum atomic E-state index is -0.0675. The average Bonchev–Trinajstić information content (AvgIpc) is 2.59. The lowest BCUT2D eigenvalue weighted by molar-refractivity contribution is 0.0604. The SMILES string of the molecule is Cl.O=C(NN1CCN(Cc2ccccc2Cl)CC1)c1ccc(Br)cc1. The minimum absolute atomic E-state index is 0. The van der Waals surface area contributed by atoms with Crippen molar-refractivity contribution in [3.8, 4) is 0 Å². The van der Waals surface area contributed by atoms with Gasteiger partial charge in [0, 0.05) is 47.8 Å². The lowest BCUT2D eigenvalue weighted by Crippen LogP contribution is -2.53. The van der Waals surface area contributed by atoms with Crippen LogP contribution in [0.4, 0.5) is 0 Å². The summed E-state index contributed by atoms with van der Waals surface area (Å²) in [4.78, 5) is 14.6. The Morgan fingerprint density at radius 3 is 2.32 bits per heavy atom. The smallest absolute Gasteiger partial charge is 0.265 e. The second-order valence-electron chi connectivity index (χ2n) is 5.80. The number of nitrogens with one attached hydrogen (secondary N) is 1. The molecule has 0 aromatic heterocycles. The van der Waals surface area contributed by atoms with Crippen LogP contribution in [0, 0.1) is 0 Å². The van der Waals surface area contributed by atoms with Crippen LogP contribution in [0.5, 0.6) is 0 Å². The lowest BCUT2D eigenvalue weighted by atomic mass is 10.2. The molecule has 7 heteroatoms. The number of hydrazine groups is 1. The second kappa shape index (κ2) is 9.55. The van der Waals surface area contributed by atoms with Crippen molar-refractivity contribution in [2.75, 3.05) is 26.2 Å². The molecule has 1 amide bonds. The number of piperazine rings is 1. The predicted octanol–water partition coefficient (Wildman–Crippen LogP) is 3.99. The maximum absolute atomic E-state index is 12.2. The number of hydrogen-bond acceptors (Lipinski definition) is 3. The summed E-state index contributed by atoms with van der Waals surface area (Å²) in [5.41, 5.74) is 4.79. The Kier molecular flexibility index (Phi) is 7.72. The van der Waals surface area contributed by atoms with Crippen LogP contribution in [0.3, 0.4) is 0 Å². The van der Waals surface area contributed by atoms with Crippen molar-refractivity contribution in [1.29, 1.82) is 0 Å². The molecule has 0 saturated carbocycles. The highest BCUT2D eigenvalue weighted by Gasteiger charge is 2.19. The Hall–Kier alpha value is -1.11. The van der Waals surface area contributed by atoms with Gasteiger partial charge in [0.25, 0.3) is 5.91 Å². The predicted molar refractivity (Wildman–Crippen MR) is 107 cm³/mol. The topological polar surface area (TPSA) is 35.6 Å². The molecule has 134 valence electrons. The van der Waals surface area contributed by atoms with E-state index in [2.05, 4.69) is 32.3 Å². The highest BCUT2D eigenvalue weighted by molar-refractivity contribution is 9.10. The number of halogens is 3. The molecule has 1 saturated heterocycles. The molecule has 1 aliphatic heterocycles. The van der Waals surface area contributed by atoms with Gasteiger partial charge in [-0.3, -0.25) is 15.1 Å². The molecule has 0 atom stereocenters. The van der Waals surface area contributed by atoms with Crippen molar-refractivity contribution >= 4 is 45.8 Å². The third-order valence-electron chi connectivity index (χ3n) is 4.09. The van der Waals surface area contributed by atoms with E-state index in [1.54, 1.807) is 0 Å². The molecule has 0 unspecified atom stereocenters. The average molecular weight is 445 g/mol. The first-order valence-corrected chi connectivity index (χ1v) is 9.06. The molecule has 1 heterocycles. The number of nitrogens with zero attached hydrogens (tertiary/aromatic N) is 2. The summed E-state index contributed by atoms with van der Waals surface area (Å²) >= 11 is 9.60. The zero-order valence-electron chi connectivity index (χ0n) is 13.6. The van der Waals surface area contributed by atoms with Gasteiger partial charge in [-0.15, -0.1) is 12.4 Å². The largest absolute Gasteiger partial charge is 0.296 e. The molecule has 0 bridgehead atoms. The number of amides is 1. The molecule has 0 aliphatic carbocycles. The van der Waals surface area contributed by atoms with E-state index < -0.39 is 0 Å². The summed E-state index contributed by atoms with van der Waals surface area (Å²) in [6.45, 7) is 4.23. The number of benzene rings is 2. The molecular weight excluding hydrogens is 425 g/mol. The van der Waals surface area contributed by atoms with Gasteiger partial charge >= 0.3 is 0 Å². The summed E-state index contributed by atoms with van der Waals surface area (Å²) in [6.07, 6.45) is 0. The molecule has 3 rings (SSSR count). The molecule has 2 aromatic rings. The van der Waals surface area contributed by atoms with Gasteiger partial charge in [-0.1, -0.05) is 45.7 Å².